The molecule has 0 amide bonds. The average molecular weight is 443 g/mol. The van der Waals surface area contributed by atoms with E-state index in [4.69, 9.17) is 4.99 Å². The van der Waals surface area contributed by atoms with Crippen molar-refractivity contribution in [1.29, 1.82) is 0 Å². The second-order valence-corrected chi connectivity index (χ2v) is 9.47. The van der Waals surface area contributed by atoms with Crippen LogP contribution in [0.5, 0.6) is 0 Å². The zero-order valence-electron chi connectivity index (χ0n) is 18.2. The van der Waals surface area contributed by atoms with Crippen LogP contribution < -0.4 is 10.6 Å². The van der Waals surface area contributed by atoms with Gasteiger partial charge in [0.05, 0.1) is 17.2 Å². The molecule has 2 N–H and O–H groups in total. The number of guanidine groups is 1. The van der Waals surface area contributed by atoms with Crippen molar-refractivity contribution in [3.05, 3.63) is 16.1 Å². The zero-order valence-corrected chi connectivity index (χ0v) is 19.1. The van der Waals surface area contributed by atoms with Crippen LogP contribution in [0, 0.1) is 12.8 Å². The van der Waals surface area contributed by atoms with Gasteiger partial charge in [0.1, 0.15) is 0 Å². The van der Waals surface area contributed by atoms with Crippen LogP contribution in [0.25, 0.3) is 0 Å². The Morgan fingerprint density at radius 1 is 1.20 bits per heavy atom. The number of halogens is 2. The number of piperidine rings is 2. The van der Waals surface area contributed by atoms with Crippen molar-refractivity contribution in [1.82, 2.24) is 25.4 Å². The lowest BCUT2D eigenvalue weighted by atomic mass is 9.97. The monoisotopic (exact) mass is 442 g/mol. The van der Waals surface area contributed by atoms with Gasteiger partial charge in [-0.15, -0.1) is 11.3 Å². The minimum atomic E-state index is -2.24. The van der Waals surface area contributed by atoms with Gasteiger partial charge in [0.25, 0.3) is 6.43 Å². The molecule has 3 heterocycles. The van der Waals surface area contributed by atoms with Crippen LogP contribution in [0.15, 0.2) is 10.4 Å². The lowest BCUT2D eigenvalue weighted by molar-refractivity contribution is 0.0744. The third-order valence-electron chi connectivity index (χ3n) is 5.94. The molecule has 0 atom stereocenters. The van der Waals surface area contributed by atoms with Crippen molar-refractivity contribution >= 4 is 17.3 Å². The smallest absolute Gasteiger partial charge is 0.251 e. The van der Waals surface area contributed by atoms with Crippen LogP contribution >= 0.6 is 11.3 Å². The first kappa shape index (κ1) is 23.3. The summed E-state index contributed by atoms with van der Waals surface area (Å²) in [5, 5.41) is 10.2. The van der Waals surface area contributed by atoms with E-state index in [2.05, 4.69) is 39.7 Å². The molecule has 170 valence electrons. The van der Waals surface area contributed by atoms with Crippen molar-refractivity contribution in [2.45, 2.75) is 58.5 Å². The number of thiazole rings is 1. The van der Waals surface area contributed by atoms with Crippen LogP contribution in [0.3, 0.4) is 0 Å². The summed E-state index contributed by atoms with van der Waals surface area (Å²) in [4.78, 5) is 13.8. The van der Waals surface area contributed by atoms with Gasteiger partial charge >= 0.3 is 0 Å². The molecule has 3 rings (SSSR count). The highest BCUT2D eigenvalue weighted by atomic mass is 32.1. The van der Waals surface area contributed by atoms with Gasteiger partial charge in [0, 0.05) is 44.1 Å². The summed E-state index contributed by atoms with van der Waals surface area (Å²) in [7, 11) is 0. The minimum Gasteiger partial charge on any atom is -0.357 e. The average Bonchev–Trinajstić information content (AvgIpc) is 3.13. The summed E-state index contributed by atoms with van der Waals surface area (Å²) in [5.74, 6) is 1.48. The third-order valence-corrected chi connectivity index (χ3v) is 6.76. The fourth-order valence-electron chi connectivity index (χ4n) is 4.23. The van der Waals surface area contributed by atoms with Gasteiger partial charge in [-0.25, -0.2) is 13.8 Å². The molecule has 0 saturated carbocycles. The van der Waals surface area contributed by atoms with Crippen molar-refractivity contribution in [3.63, 3.8) is 0 Å². The van der Waals surface area contributed by atoms with Crippen molar-refractivity contribution < 1.29 is 8.78 Å². The highest BCUT2D eigenvalue weighted by Crippen LogP contribution is 2.20. The van der Waals surface area contributed by atoms with E-state index in [-0.39, 0.29) is 6.54 Å². The lowest BCUT2D eigenvalue weighted by Gasteiger charge is -2.33. The summed E-state index contributed by atoms with van der Waals surface area (Å²) in [6, 6.07) is 0.306. The molecule has 0 unspecified atom stereocenters. The maximum absolute atomic E-state index is 12.5. The number of nitrogens with zero attached hydrogens (tertiary/aromatic N) is 4. The molecular weight excluding hydrogens is 406 g/mol. The second-order valence-electron chi connectivity index (χ2n) is 8.41. The maximum atomic E-state index is 12.5. The molecule has 9 heteroatoms. The molecule has 0 aliphatic carbocycles. The molecule has 30 heavy (non-hydrogen) atoms. The maximum Gasteiger partial charge on any atom is 0.251 e. The Morgan fingerprint density at radius 2 is 1.90 bits per heavy atom. The molecule has 2 saturated heterocycles. The molecule has 0 radical (unpaired) electrons. The molecule has 2 aliphatic heterocycles. The van der Waals surface area contributed by atoms with E-state index in [1.165, 1.54) is 5.69 Å². The number of nitrogens with one attached hydrogen (secondary N) is 2. The first-order valence-electron chi connectivity index (χ1n) is 11.2. The fraction of sp³-hybridized carbons (Fsp3) is 0.810. The van der Waals surface area contributed by atoms with Gasteiger partial charge in [-0.1, -0.05) is 0 Å². The molecule has 1 aromatic heterocycles. The predicted octanol–water partition coefficient (Wildman–Crippen LogP) is 2.95. The van der Waals surface area contributed by atoms with Gasteiger partial charge in [-0.3, -0.25) is 14.8 Å². The normalized spacial score (nSPS) is 20.8. The van der Waals surface area contributed by atoms with Crippen LogP contribution in [-0.2, 0) is 6.54 Å². The van der Waals surface area contributed by atoms with Crippen molar-refractivity contribution in [3.8, 4) is 0 Å². The van der Waals surface area contributed by atoms with Crippen molar-refractivity contribution in [2.75, 3.05) is 45.8 Å². The van der Waals surface area contributed by atoms with Gasteiger partial charge < -0.3 is 10.6 Å². The number of likely N-dealkylation sites (tertiary alicyclic amines) is 2. The van der Waals surface area contributed by atoms with E-state index in [0.717, 1.165) is 82.5 Å². The number of aromatic nitrogens is 1. The Kier molecular flexibility index (Phi) is 9.27. The topological polar surface area (TPSA) is 55.8 Å². The first-order valence-corrected chi connectivity index (χ1v) is 12.1. The summed E-state index contributed by atoms with van der Waals surface area (Å²) >= 11 is 1.72. The lowest BCUT2D eigenvalue weighted by Crippen LogP contribution is -2.49. The molecule has 0 spiro atoms. The molecule has 6 nitrogen and oxygen atoms in total. The highest BCUT2D eigenvalue weighted by Gasteiger charge is 2.23. The van der Waals surface area contributed by atoms with E-state index < -0.39 is 6.43 Å². The SMILES string of the molecule is CCNC(=NCC1CCN(Cc2csc(C)n2)CC1)NC1CCN(CC(F)F)CC1. The summed E-state index contributed by atoms with van der Waals surface area (Å²) in [6.45, 7) is 10.3. The van der Waals surface area contributed by atoms with Gasteiger partial charge in [-0.05, 0) is 58.5 Å². The van der Waals surface area contributed by atoms with E-state index in [0.29, 0.717) is 12.0 Å². The van der Waals surface area contributed by atoms with Gasteiger partial charge in [0.15, 0.2) is 5.96 Å². The minimum absolute atomic E-state index is 0.109. The number of alkyl halides is 2. The molecule has 2 aliphatic rings. The van der Waals surface area contributed by atoms with Gasteiger partial charge in [0.2, 0.25) is 0 Å². The van der Waals surface area contributed by atoms with E-state index in [9.17, 15) is 8.78 Å². The van der Waals surface area contributed by atoms with Gasteiger partial charge in [-0.2, -0.15) is 0 Å². The Labute approximate surface area is 183 Å². The van der Waals surface area contributed by atoms with Crippen LogP contribution in [0.4, 0.5) is 8.78 Å². The number of aliphatic imine (C=N–C) groups is 1. The largest absolute Gasteiger partial charge is 0.357 e. The number of rotatable bonds is 8. The third kappa shape index (κ3) is 7.74. The number of aryl methyl sites for hydroxylation is 1. The Hall–Kier alpha value is -1.32. The molecule has 1 aromatic rings. The van der Waals surface area contributed by atoms with Crippen LogP contribution in [0.2, 0.25) is 0 Å². The van der Waals surface area contributed by atoms with E-state index in [1.54, 1.807) is 11.3 Å². The van der Waals surface area contributed by atoms with E-state index >= 15 is 0 Å². The highest BCUT2D eigenvalue weighted by molar-refractivity contribution is 7.09. The summed E-state index contributed by atoms with van der Waals surface area (Å²) in [6.07, 6.45) is 1.85. The van der Waals surface area contributed by atoms with Crippen LogP contribution in [-0.4, -0.2) is 79.0 Å². The molecular formula is C21H36F2N6S. The molecule has 2 fully saturated rings. The number of hydrogen-bond donors (Lipinski definition) is 2. The summed E-state index contributed by atoms with van der Waals surface area (Å²) in [5.41, 5.74) is 1.19. The molecule has 0 bridgehead atoms. The zero-order chi connectivity index (χ0) is 21.3. The Morgan fingerprint density at radius 3 is 2.50 bits per heavy atom. The Balaban J connectivity index is 1.39. The van der Waals surface area contributed by atoms with E-state index in [1.807, 2.05) is 4.90 Å². The second kappa shape index (κ2) is 11.9. The molecule has 0 aromatic carbocycles. The van der Waals surface area contributed by atoms with Crippen molar-refractivity contribution in [2.24, 2.45) is 10.9 Å². The van der Waals surface area contributed by atoms with Crippen LogP contribution in [0.1, 0.15) is 43.3 Å². The summed E-state index contributed by atoms with van der Waals surface area (Å²) < 4.78 is 25.1. The quantitative estimate of drug-likeness (QED) is 0.479. The fourth-order valence-corrected chi connectivity index (χ4v) is 4.83. The first-order chi connectivity index (χ1) is 14.5. The standard InChI is InChI=1S/C21H36F2N6S/c1-3-24-21(27-18-6-10-29(11-7-18)14-20(22)23)25-12-17-4-8-28(9-5-17)13-19-15-30-16(2)26-19/h15,17-18,20H,3-14H2,1-2H3,(H2,24,25,27). The predicted molar refractivity (Wildman–Crippen MR) is 119 cm³/mol. The number of hydrogen-bond acceptors (Lipinski definition) is 5. The Bertz CT molecular complexity index is 652.